The van der Waals surface area contributed by atoms with E-state index in [4.69, 9.17) is 27.9 Å². The summed E-state index contributed by atoms with van der Waals surface area (Å²) in [5.74, 6) is 0.431. The Balaban J connectivity index is 1.73. The van der Waals surface area contributed by atoms with Crippen molar-refractivity contribution in [2.75, 3.05) is 6.54 Å². The molecular weight excluding hydrogens is 333 g/mol. The van der Waals surface area contributed by atoms with Gasteiger partial charge in [-0.3, -0.25) is 4.79 Å². The van der Waals surface area contributed by atoms with Gasteiger partial charge < -0.3 is 10.1 Å². The van der Waals surface area contributed by atoms with E-state index >= 15 is 0 Å². The van der Waals surface area contributed by atoms with Crippen LogP contribution in [-0.2, 0) is 11.2 Å². The number of carbonyl (C=O) groups excluding carboxylic acids is 1. The summed E-state index contributed by atoms with van der Waals surface area (Å²) in [6, 6.07) is 14.7. The van der Waals surface area contributed by atoms with Crippen molar-refractivity contribution in [1.82, 2.24) is 5.32 Å². The molecule has 5 heteroatoms. The van der Waals surface area contributed by atoms with Crippen LogP contribution in [0.1, 0.15) is 18.9 Å². The average molecular weight is 352 g/mol. The highest BCUT2D eigenvalue weighted by molar-refractivity contribution is 6.31. The van der Waals surface area contributed by atoms with E-state index in [1.807, 2.05) is 24.3 Å². The summed E-state index contributed by atoms with van der Waals surface area (Å²) in [5, 5.41) is 4.21. The van der Waals surface area contributed by atoms with Gasteiger partial charge in [0.05, 0.1) is 0 Å². The largest absolute Gasteiger partial charge is 0.481 e. The molecule has 2 aromatic rings. The van der Waals surface area contributed by atoms with E-state index in [0.29, 0.717) is 17.3 Å². The minimum Gasteiger partial charge on any atom is -0.481 e. The van der Waals surface area contributed by atoms with Crippen LogP contribution in [0.3, 0.4) is 0 Å². The molecule has 1 N–H and O–H groups in total. The third-order valence-electron chi connectivity index (χ3n) is 3.36. The Kier molecular flexibility index (Phi) is 6.75. The second-order valence-electron chi connectivity index (χ2n) is 5.20. The van der Waals surface area contributed by atoms with Crippen molar-refractivity contribution in [2.45, 2.75) is 25.9 Å². The lowest BCUT2D eigenvalue weighted by Crippen LogP contribution is -2.36. The molecule has 0 aliphatic rings. The summed E-state index contributed by atoms with van der Waals surface area (Å²) in [6.07, 6.45) is 1.07. The number of carbonyl (C=O) groups is 1. The van der Waals surface area contributed by atoms with Crippen molar-refractivity contribution >= 4 is 29.1 Å². The third kappa shape index (κ3) is 5.77. The monoisotopic (exact) mass is 351 g/mol. The van der Waals surface area contributed by atoms with Crippen LogP contribution >= 0.6 is 23.2 Å². The van der Waals surface area contributed by atoms with Gasteiger partial charge >= 0.3 is 0 Å². The van der Waals surface area contributed by atoms with Gasteiger partial charge in [-0.25, -0.2) is 0 Å². The highest BCUT2D eigenvalue weighted by Gasteiger charge is 2.14. The zero-order valence-corrected chi connectivity index (χ0v) is 14.4. The van der Waals surface area contributed by atoms with E-state index in [9.17, 15) is 4.79 Å². The lowest BCUT2D eigenvalue weighted by Gasteiger charge is -2.15. The lowest BCUT2D eigenvalue weighted by molar-refractivity contribution is -0.127. The number of amides is 1. The number of rotatable bonds is 7. The van der Waals surface area contributed by atoms with Crippen LogP contribution in [0.25, 0.3) is 0 Å². The molecule has 0 spiro atoms. The molecule has 23 heavy (non-hydrogen) atoms. The molecule has 0 aromatic heterocycles. The van der Waals surface area contributed by atoms with E-state index in [1.165, 1.54) is 0 Å². The first-order valence-corrected chi connectivity index (χ1v) is 8.25. The summed E-state index contributed by atoms with van der Waals surface area (Å²) in [4.78, 5) is 12.0. The van der Waals surface area contributed by atoms with Gasteiger partial charge in [0.2, 0.25) is 0 Å². The summed E-state index contributed by atoms with van der Waals surface area (Å²) in [5.41, 5.74) is 1.09. The van der Waals surface area contributed by atoms with Gasteiger partial charge in [-0.15, -0.1) is 0 Å². The first-order valence-electron chi connectivity index (χ1n) is 7.49. The van der Waals surface area contributed by atoms with E-state index in [1.54, 1.807) is 31.2 Å². The number of aryl methyl sites for hydroxylation is 1. The Bertz CT molecular complexity index is 661. The van der Waals surface area contributed by atoms with E-state index < -0.39 is 6.10 Å². The van der Waals surface area contributed by atoms with E-state index in [0.717, 1.165) is 23.4 Å². The molecule has 0 heterocycles. The van der Waals surface area contributed by atoms with E-state index in [2.05, 4.69) is 5.32 Å². The number of hydrogen-bond acceptors (Lipinski definition) is 2. The predicted octanol–water partition coefficient (Wildman–Crippen LogP) is 4.51. The average Bonchev–Trinajstić information content (AvgIpc) is 2.53. The molecule has 2 aromatic carbocycles. The molecule has 2 rings (SSSR count). The molecule has 0 aliphatic heterocycles. The number of benzene rings is 2. The van der Waals surface area contributed by atoms with Gasteiger partial charge in [-0.1, -0.05) is 47.5 Å². The maximum Gasteiger partial charge on any atom is 0.260 e. The Labute approximate surface area is 146 Å². The van der Waals surface area contributed by atoms with Crippen LogP contribution in [0, 0.1) is 0 Å². The SMILES string of the molecule is CC(Oc1cccc(Cl)c1)C(=O)NCCCc1ccccc1Cl. The van der Waals surface area contributed by atoms with Crippen molar-refractivity contribution in [1.29, 1.82) is 0 Å². The molecule has 0 saturated carbocycles. The number of halogens is 2. The fourth-order valence-electron chi connectivity index (χ4n) is 2.13. The molecule has 0 saturated heterocycles. The topological polar surface area (TPSA) is 38.3 Å². The molecule has 3 nitrogen and oxygen atoms in total. The highest BCUT2D eigenvalue weighted by atomic mass is 35.5. The van der Waals surface area contributed by atoms with E-state index in [-0.39, 0.29) is 5.91 Å². The van der Waals surface area contributed by atoms with Crippen LogP contribution in [-0.4, -0.2) is 18.6 Å². The number of nitrogens with one attached hydrogen (secondary N) is 1. The summed E-state index contributed by atoms with van der Waals surface area (Å²) in [7, 11) is 0. The second kappa shape index (κ2) is 8.80. The maximum absolute atomic E-state index is 12.0. The van der Waals surface area contributed by atoms with Gasteiger partial charge in [-0.2, -0.15) is 0 Å². The third-order valence-corrected chi connectivity index (χ3v) is 3.96. The standard InChI is InChI=1S/C18H19Cl2NO2/c1-13(23-16-9-4-8-15(19)12-16)18(22)21-11-5-7-14-6-2-3-10-17(14)20/h2-4,6,8-10,12-13H,5,7,11H2,1H3,(H,21,22). The Hall–Kier alpha value is -1.71. The van der Waals surface area contributed by atoms with Crippen LogP contribution < -0.4 is 10.1 Å². The van der Waals surface area contributed by atoms with Crippen molar-refractivity contribution in [3.05, 3.63) is 64.1 Å². The van der Waals surface area contributed by atoms with Crippen molar-refractivity contribution in [3.63, 3.8) is 0 Å². The minimum atomic E-state index is -0.575. The number of hydrogen-bond donors (Lipinski definition) is 1. The maximum atomic E-state index is 12.0. The first kappa shape index (κ1) is 17.6. The van der Waals surface area contributed by atoms with Crippen LogP contribution in [0.2, 0.25) is 10.0 Å². The first-order chi connectivity index (χ1) is 11.1. The zero-order valence-electron chi connectivity index (χ0n) is 12.9. The number of ether oxygens (including phenoxy) is 1. The summed E-state index contributed by atoms with van der Waals surface area (Å²) in [6.45, 7) is 2.29. The lowest BCUT2D eigenvalue weighted by atomic mass is 10.1. The quantitative estimate of drug-likeness (QED) is 0.745. The van der Waals surface area contributed by atoms with Crippen molar-refractivity contribution in [2.24, 2.45) is 0 Å². The smallest absolute Gasteiger partial charge is 0.260 e. The molecular formula is C18H19Cl2NO2. The van der Waals surface area contributed by atoms with Crippen molar-refractivity contribution in [3.8, 4) is 5.75 Å². The van der Waals surface area contributed by atoms with Gasteiger partial charge in [0.1, 0.15) is 5.75 Å². The van der Waals surface area contributed by atoms with Gasteiger partial charge in [0.15, 0.2) is 6.10 Å². The second-order valence-corrected chi connectivity index (χ2v) is 6.05. The Morgan fingerprint density at radius 3 is 2.70 bits per heavy atom. The molecule has 0 bridgehead atoms. The highest BCUT2D eigenvalue weighted by Crippen LogP contribution is 2.18. The molecule has 0 radical (unpaired) electrons. The summed E-state index contributed by atoms with van der Waals surface area (Å²) < 4.78 is 5.57. The molecule has 1 atom stereocenters. The zero-order chi connectivity index (χ0) is 16.7. The van der Waals surface area contributed by atoms with Gasteiger partial charge in [0.25, 0.3) is 5.91 Å². The molecule has 122 valence electrons. The molecule has 0 aliphatic carbocycles. The molecule has 1 unspecified atom stereocenters. The normalized spacial score (nSPS) is 11.8. The van der Waals surface area contributed by atoms with Gasteiger partial charge in [-0.05, 0) is 49.6 Å². The molecule has 1 amide bonds. The van der Waals surface area contributed by atoms with Crippen LogP contribution in [0.15, 0.2) is 48.5 Å². The fraction of sp³-hybridized carbons (Fsp3) is 0.278. The summed E-state index contributed by atoms with van der Waals surface area (Å²) >= 11 is 12.0. The minimum absolute atomic E-state index is 0.149. The Morgan fingerprint density at radius 2 is 1.96 bits per heavy atom. The fourth-order valence-corrected chi connectivity index (χ4v) is 2.54. The van der Waals surface area contributed by atoms with Crippen molar-refractivity contribution < 1.29 is 9.53 Å². The van der Waals surface area contributed by atoms with Crippen LogP contribution in [0.4, 0.5) is 0 Å². The van der Waals surface area contributed by atoms with Crippen LogP contribution in [0.5, 0.6) is 5.75 Å². The predicted molar refractivity (Wildman–Crippen MR) is 94.3 cm³/mol. The Morgan fingerprint density at radius 1 is 1.17 bits per heavy atom. The van der Waals surface area contributed by atoms with Gasteiger partial charge in [0, 0.05) is 16.6 Å². The molecule has 0 fully saturated rings.